The van der Waals surface area contributed by atoms with Crippen molar-refractivity contribution in [1.29, 1.82) is 0 Å². The maximum Gasteiger partial charge on any atom is 0.326 e. The lowest BCUT2D eigenvalue weighted by Gasteiger charge is -2.19. The van der Waals surface area contributed by atoms with E-state index in [1.165, 1.54) is 0 Å². The van der Waals surface area contributed by atoms with Crippen LogP contribution in [-0.2, 0) is 9.59 Å². The number of likely N-dealkylation sites (N-methyl/N-ethyl adjacent to an activating group) is 1. The summed E-state index contributed by atoms with van der Waals surface area (Å²) in [5.41, 5.74) is 0. The quantitative estimate of drug-likeness (QED) is 0.644. The van der Waals surface area contributed by atoms with Crippen LogP contribution in [0.25, 0.3) is 0 Å². The molecule has 0 aliphatic rings. The molecule has 0 aliphatic heterocycles. The molecular weight excluding hydrogens is 208 g/mol. The lowest BCUT2D eigenvalue weighted by atomic mass is 10.1. The number of nitrogens with one attached hydrogen (secondary N) is 1. The van der Waals surface area contributed by atoms with Gasteiger partial charge < -0.3 is 10.4 Å². The van der Waals surface area contributed by atoms with Crippen molar-refractivity contribution in [2.75, 3.05) is 19.6 Å². The van der Waals surface area contributed by atoms with Crippen LogP contribution in [0.1, 0.15) is 33.6 Å². The molecular formula is C11H22N2O3. The number of carbonyl (C=O) groups excluding carboxylic acids is 1. The van der Waals surface area contributed by atoms with Crippen molar-refractivity contribution < 1.29 is 14.7 Å². The van der Waals surface area contributed by atoms with Crippen LogP contribution in [-0.4, -0.2) is 47.6 Å². The predicted octanol–water partition coefficient (Wildman–Crippen LogP) is 0.698. The minimum absolute atomic E-state index is 0.218. The molecule has 1 atom stereocenters. The molecule has 0 aliphatic carbocycles. The normalized spacial score (nSPS) is 12.5. The number of aliphatic carboxylic acids is 1. The van der Waals surface area contributed by atoms with E-state index >= 15 is 0 Å². The van der Waals surface area contributed by atoms with Crippen LogP contribution in [0.3, 0.4) is 0 Å². The van der Waals surface area contributed by atoms with Crippen LogP contribution < -0.4 is 5.32 Å². The fourth-order valence-corrected chi connectivity index (χ4v) is 1.44. The number of amides is 1. The molecule has 94 valence electrons. The Bertz CT molecular complexity index is 227. The minimum atomic E-state index is -0.963. The molecule has 0 aromatic carbocycles. The molecule has 2 N–H and O–H groups in total. The van der Waals surface area contributed by atoms with Gasteiger partial charge in [0.2, 0.25) is 5.91 Å². The Hall–Kier alpha value is -1.10. The number of carbonyl (C=O) groups is 2. The molecule has 1 unspecified atom stereocenters. The zero-order chi connectivity index (χ0) is 12.6. The molecule has 16 heavy (non-hydrogen) atoms. The smallest absolute Gasteiger partial charge is 0.326 e. The van der Waals surface area contributed by atoms with Crippen LogP contribution in [0.15, 0.2) is 0 Å². The molecule has 1 amide bonds. The highest BCUT2D eigenvalue weighted by atomic mass is 16.4. The van der Waals surface area contributed by atoms with E-state index in [9.17, 15) is 9.59 Å². The van der Waals surface area contributed by atoms with Gasteiger partial charge in [-0.3, -0.25) is 9.69 Å². The second-order valence-corrected chi connectivity index (χ2v) is 3.71. The van der Waals surface area contributed by atoms with E-state index in [1.807, 2.05) is 25.7 Å². The fraction of sp³-hybridized carbons (Fsp3) is 0.818. The first-order valence-corrected chi connectivity index (χ1v) is 5.79. The third kappa shape index (κ3) is 5.70. The predicted molar refractivity (Wildman–Crippen MR) is 62.3 cm³/mol. The van der Waals surface area contributed by atoms with Crippen LogP contribution in [0.2, 0.25) is 0 Å². The zero-order valence-electron chi connectivity index (χ0n) is 10.3. The van der Waals surface area contributed by atoms with Crippen molar-refractivity contribution in [1.82, 2.24) is 10.2 Å². The Morgan fingerprint density at radius 1 is 1.25 bits per heavy atom. The van der Waals surface area contributed by atoms with Gasteiger partial charge in [-0.05, 0) is 19.5 Å². The van der Waals surface area contributed by atoms with Crippen molar-refractivity contribution in [2.24, 2.45) is 0 Å². The maximum atomic E-state index is 11.5. The van der Waals surface area contributed by atoms with Gasteiger partial charge in [-0.2, -0.15) is 0 Å². The molecule has 0 aromatic rings. The second kappa shape index (κ2) is 8.10. The van der Waals surface area contributed by atoms with E-state index in [-0.39, 0.29) is 12.5 Å². The Morgan fingerprint density at radius 2 is 1.81 bits per heavy atom. The van der Waals surface area contributed by atoms with E-state index < -0.39 is 12.0 Å². The topological polar surface area (TPSA) is 69.6 Å². The summed E-state index contributed by atoms with van der Waals surface area (Å²) in [6.07, 6.45) is 1.21. The summed E-state index contributed by atoms with van der Waals surface area (Å²) < 4.78 is 0. The Morgan fingerprint density at radius 3 is 2.19 bits per heavy atom. The molecule has 0 heterocycles. The van der Waals surface area contributed by atoms with Gasteiger partial charge in [0.15, 0.2) is 0 Å². The number of hydrogen-bond acceptors (Lipinski definition) is 3. The van der Waals surface area contributed by atoms with Gasteiger partial charge in [-0.1, -0.05) is 27.2 Å². The van der Waals surface area contributed by atoms with Gasteiger partial charge in [0, 0.05) is 0 Å². The second-order valence-electron chi connectivity index (χ2n) is 3.71. The van der Waals surface area contributed by atoms with E-state index in [1.54, 1.807) is 0 Å². The van der Waals surface area contributed by atoms with Gasteiger partial charge in [-0.15, -0.1) is 0 Å². The SMILES string of the molecule is CCCC(NC(=O)CN(CC)CC)C(=O)O. The molecule has 5 heteroatoms. The van der Waals surface area contributed by atoms with E-state index in [0.29, 0.717) is 6.42 Å². The highest BCUT2D eigenvalue weighted by Gasteiger charge is 2.19. The van der Waals surface area contributed by atoms with Crippen molar-refractivity contribution in [3.05, 3.63) is 0 Å². The van der Waals surface area contributed by atoms with Gasteiger partial charge in [0.25, 0.3) is 0 Å². The van der Waals surface area contributed by atoms with Gasteiger partial charge >= 0.3 is 5.97 Å². The summed E-state index contributed by atoms with van der Waals surface area (Å²) in [5, 5.41) is 11.4. The van der Waals surface area contributed by atoms with Gasteiger partial charge in [0.1, 0.15) is 6.04 Å². The number of hydrogen-bond donors (Lipinski definition) is 2. The lowest BCUT2D eigenvalue weighted by molar-refractivity contribution is -0.142. The minimum Gasteiger partial charge on any atom is -0.480 e. The third-order valence-corrected chi connectivity index (χ3v) is 2.47. The van der Waals surface area contributed by atoms with Crippen LogP contribution in [0.5, 0.6) is 0 Å². The van der Waals surface area contributed by atoms with Gasteiger partial charge in [-0.25, -0.2) is 4.79 Å². The molecule has 0 saturated heterocycles. The van der Waals surface area contributed by atoms with E-state index in [4.69, 9.17) is 5.11 Å². The highest BCUT2D eigenvalue weighted by Crippen LogP contribution is 1.97. The van der Waals surface area contributed by atoms with Crippen molar-refractivity contribution in [2.45, 2.75) is 39.7 Å². The average Bonchev–Trinajstić information content (AvgIpc) is 2.25. The summed E-state index contributed by atoms with van der Waals surface area (Å²) in [4.78, 5) is 24.3. The summed E-state index contributed by atoms with van der Waals surface area (Å²) in [6.45, 7) is 7.67. The summed E-state index contributed by atoms with van der Waals surface area (Å²) >= 11 is 0. The Balaban J connectivity index is 4.13. The third-order valence-electron chi connectivity index (χ3n) is 2.47. The monoisotopic (exact) mass is 230 g/mol. The first-order chi connectivity index (χ1) is 7.54. The van der Waals surface area contributed by atoms with Crippen LogP contribution >= 0.6 is 0 Å². The fourth-order valence-electron chi connectivity index (χ4n) is 1.44. The molecule has 0 rings (SSSR count). The highest BCUT2D eigenvalue weighted by molar-refractivity contribution is 5.84. The summed E-state index contributed by atoms with van der Waals surface area (Å²) in [7, 11) is 0. The molecule has 0 spiro atoms. The summed E-state index contributed by atoms with van der Waals surface area (Å²) in [5.74, 6) is -1.18. The molecule has 5 nitrogen and oxygen atoms in total. The van der Waals surface area contributed by atoms with Crippen LogP contribution in [0, 0.1) is 0 Å². The van der Waals surface area contributed by atoms with Gasteiger partial charge in [0.05, 0.1) is 6.54 Å². The zero-order valence-corrected chi connectivity index (χ0v) is 10.3. The van der Waals surface area contributed by atoms with Crippen molar-refractivity contribution in [3.63, 3.8) is 0 Å². The first kappa shape index (κ1) is 14.9. The average molecular weight is 230 g/mol. The number of carboxylic acid groups (broad SMARTS) is 1. The molecule has 0 fully saturated rings. The lowest BCUT2D eigenvalue weighted by Crippen LogP contribution is -2.45. The largest absolute Gasteiger partial charge is 0.480 e. The molecule has 0 saturated carbocycles. The first-order valence-electron chi connectivity index (χ1n) is 5.79. The molecule has 0 aromatic heterocycles. The van der Waals surface area contributed by atoms with Crippen molar-refractivity contribution in [3.8, 4) is 0 Å². The number of nitrogens with zero attached hydrogens (tertiary/aromatic N) is 1. The Labute approximate surface area is 96.8 Å². The Kier molecular flexibility index (Phi) is 7.54. The summed E-state index contributed by atoms with van der Waals surface area (Å²) in [6, 6.07) is -0.756. The maximum absolute atomic E-state index is 11.5. The van der Waals surface area contributed by atoms with Crippen LogP contribution in [0.4, 0.5) is 0 Å². The standard InChI is InChI=1S/C11H22N2O3/c1-4-7-9(11(15)16)12-10(14)8-13(5-2)6-3/h9H,4-8H2,1-3H3,(H,12,14)(H,15,16). The number of carboxylic acids is 1. The molecule has 0 radical (unpaired) electrons. The molecule has 0 bridgehead atoms. The van der Waals surface area contributed by atoms with E-state index in [2.05, 4.69) is 5.32 Å². The van der Waals surface area contributed by atoms with Crippen molar-refractivity contribution >= 4 is 11.9 Å². The number of rotatable bonds is 8. The van der Waals surface area contributed by atoms with E-state index in [0.717, 1.165) is 19.5 Å².